The van der Waals surface area contributed by atoms with Gasteiger partial charge in [0.1, 0.15) is 0 Å². The predicted octanol–water partition coefficient (Wildman–Crippen LogP) is 1.91. The summed E-state index contributed by atoms with van der Waals surface area (Å²) in [6.45, 7) is 5.59. The van der Waals surface area contributed by atoms with Gasteiger partial charge in [-0.25, -0.2) is 0 Å². The Hall–Kier alpha value is -2.01. The number of piperidine rings is 1. The van der Waals surface area contributed by atoms with Gasteiger partial charge in [0.05, 0.1) is 14.2 Å². The number of amides is 1. The molecule has 1 aliphatic heterocycles. The lowest BCUT2D eigenvalue weighted by atomic mass is 10.0. The summed E-state index contributed by atoms with van der Waals surface area (Å²) in [5.74, 6) is 1.13. The van der Waals surface area contributed by atoms with Crippen LogP contribution < -0.4 is 20.1 Å². The number of ether oxygens (including phenoxy) is 2. The van der Waals surface area contributed by atoms with Gasteiger partial charge in [0.15, 0.2) is 11.5 Å². The van der Waals surface area contributed by atoms with Crippen molar-refractivity contribution in [2.24, 2.45) is 0 Å². The van der Waals surface area contributed by atoms with E-state index < -0.39 is 0 Å². The molecule has 1 fully saturated rings. The summed E-state index contributed by atoms with van der Waals surface area (Å²) in [5, 5.41) is 6.36. The maximum Gasteiger partial charge on any atom is 0.251 e. The van der Waals surface area contributed by atoms with Gasteiger partial charge < -0.3 is 20.1 Å². The molecule has 1 aliphatic rings. The monoisotopic (exact) mass is 304 g/mol. The second-order valence-corrected chi connectivity index (χ2v) is 5.38. The molecule has 1 saturated heterocycles. The number of hydrogen-bond acceptors (Lipinski definition) is 4. The van der Waals surface area contributed by atoms with Gasteiger partial charge in [0.2, 0.25) is 0 Å². The van der Waals surface area contributed by atoms with E-state index in [1.54, 1.807) is 26.4 Å². The summed E-state index contributed by atoms with van der Waals surface area (Å²) >= 11 is 0. The summed E-state index contributed by atoms with van der Waals surface area (Å²) in [6, 6.07) is 3.74. The minimum Gasteiger partial charge on any atom is -0.493 e. The Morgan fingerprint density at radius 2 is 2.27 bits per heavy atom. The van der Waals surface area contributed by atoms with Crippen molar-refractivity contribution in [3.8, 4) is 11.5 Å². The quantitative estimate of drug-likeness (QED) is 0.788. The van der Waals surface area contributed by atoms with E-state index in [1.165, 1.54) is 0 Å². The maximum atomic E-state index is 12.5. The van der Waals surface area contributed by atoms with Gasteiger partial charge in [-0.15, -0.1) is 6.58 Å². The van der Waals surface area contributed by atoms with Crippen LogP contribution >= 0.6 is 0 Å². The minimum atomic E-state index is -0.0834. The van der Waals surface area contributed by atoms with Crippen molar-refractivity contribution in [1.82, 2.24) is 10.6 Å². The molecule has 0 aliphatic carbocycles. The van der Waals surface area contributed by atoms with Gasteiger partial charge in [0, 0.05) is 23.7 Å². The van der Waals surface area contributed by atoms with E-state index in [1.807, 2.05) is 6.07 Å². The van der Waals surface area contributed by atoms with Crippen LogP contribution in [0.4, 0.5) is 0 Å². The van der Waals surface area contributed by atoms with Crippen LogP contribution in [0.1, 0.15) is 28.8 Å². The summed E-state index contributed by atoms with van der Waals surface area (Å²) < 4.78 is 10.7. The van der Waals surface area contributed by atoms with E-state index in [0.29, 0.717) is 23.5 Å². The molecule has 5 nitrogen and oxygen atoms in total. The lowest BCUT2D eigenvalue weighted by molar-refractivity contribution is 0.0930. The maximum absolute atomic E-state index is 12.5. The first kappa shape index (κ1) is 16.4. The van der Waals surface area contributed by atoms with E-state index in [4.69, 9.17) is 9.47 Å². The Morgan fingerprint density at radius 3 is 2.86 bits per heavy atom. The fourth-order valence-electron chi connectivity index (χ4n) is 2.73. The van der Waals surface area contributed by atoms with Crippen LogP contribution in [-0.4, -0.2) is 39.3 Å². The van der Waals surface area contributed by atoms with Gasteiger partial charge in [-0.05, 0) is 37.9 Å². The summed E-state index contributed by atoms with van der Waals surface area (Å²) in [7, 11) is 3.17. The van der Waals surface area contributed by atoms with E-state index in [2.05, 4.69) is 17.2 Å². The molecular weight excluding hydrogens is 280 g/mol. The van der Waals surface area contributed by atoms with Crippen molar-refractivity contribution < 1.29 is 14.3 Å². The van der Waals surface area contributed by atoms with Crippen LogP contribution in [0.15, 0.2) is 24.8 Å². The third kappa shape index (κ3) is 3.80. The number of hydrogen-bond donors (Lipinski definition) is 2. The second-order valence-electron chi connectivity index (χ2n) is 5.38. The van der Waals surface area contributed by atoms with Crippen molar-refractivity contribution in [1.29, 1.82) is 0 Å². The molecule has 120 valence electrons. The fourth-order valence-corrected chi connectivity index (χ4v) is 2.73. The number of carbonyl (C=O) groups is 1. The highest BCUT2D eigenvalue weighted by atomic mass is 16.5. The Kier molecular flexibility index (Phi) is 5.83. The van der Waals surface area contributed by atoms with Crippen LogP contribution in [0.3, 0.4) is 0 Å². The standard InChI is InChI=1S/C17H24N2O3/c1-4-6-12-9-13(10-15(21-2)16(12)22-3)17(20)19-14-7-5-8-18-11-14/h4,9-10,14,18H,1,5-8,11H2,2-3H3,(H,19,20). The van der Waals surface area contributed by atoms with E-state index in [0.717, 1.165) is 31.5 Å². The molecule has 0 radical (unpaired) electrons. The molecule has 22 heavy (non-hydrogen) atoms. The predicted molar refractivity (Wildman–Crippen MR) is 86.8 cm³/mol. The largest absolute Gasteiger partial charge is 0.493 e. The minimum absolute atomic E-state index is 0.0834. The number of benzene rings is 1. The smallest absolute Gasteiger partial charge is 0.251 e. The molecule has 1 aromatic carbocycles. The van der Waals surface area contributed by atoms with Crippen LogP contribution in [0, 0.1) is 0 Å². The molecule has 1 heterocycles. The van der Waals surface area contributed by atoms with Crippen molar-refractivity contribution in [2.75, 3.05) is 27.3 Å². The van der Waals surface area contributed by atoms with Crippen molar-refractivity contribution >= 4 is 5.91 Å². The van der Waals surface area contributed by atoms with Gasteiger partial charge >= 0.3 is 0 Å². The zero-order chi connectivity index (χ0) is 15.9. The molecule has 2 rings (SSSR count). The summed E-state index contributed by atoms with van der Waals surface area (Å²) in [5.41, 5.74) is 1.48. The van der Waals surface area contributed by atoms with E-state index in [9.17, 15) is 4.79 Å². The fraction of sp³-hybridized carbons (Fsp3) is 0.471. The molecule has 2 N–H and O–H groups in total. The van der Waals surface area contributed by atoms with E-state index in [-0.39, 0.29) is 11.9 Å². The van der Waals surface area contributed by atoms with Crippen LogP contribution in [0.2, 0.25) is 0 Å². The SMILES string of the molecule is C=CCc1cc(C(=O)NC2CCCNC2)cc(OC)c1OC. The Bertz CT molecular complexity index is 537. The molecule has 0 spiro atoms. The van der Waals surface area contributed by atoms with Crippen LogP contribution in [-0.2, 0) is 6.42 Å². The average molecular weight is 304 g/mol. The molecule has 0 aromatic heterocycles. The first-order valence-electron chi connectivity index (χ1n) is 7.57. The highest BCUT2D eigenvalue weighted by molar-refractivity contribution is 5.95. The average Bonchev–Trinajstić information content (AvgIpc) is 2.55. The lowest BCUT2D eigenvalue weighted by Crippen LogP contribution is -2.45. The van der Waals surface area contributed by atoms with E-state index >= 15 is 0 Å². The summed E-state index contributed by atoms with van der Waals surface area (Å²) in [6.07, 6.45) is 4.49. The number of nitrogens with one attached hydrogen (secondary N) is 2. The summed E-state index contributed by atoms with van der Waals surface area (Å²) in [4.78, 5) is 12.5. The molecular formula is C17H24N2O3. The molecule has 1 aromatic rings. The first-order valence-corrected chi connectivity index (χ1v) is 7.57. The number of allylic oxidation sites excluding steroid dienone is 1. The zero-order valence-corrected chi connectivity index (χ0v) is 13.3. The Morgan fingerprint density at radius 1 is 1.45 bits per heavy atom. The number of carbonyl (C=O) groups excluding carboxylic acids is 1. The Labute approximate surface area is 131 Å². The van der Waals surface area contributed by atoms with Gasteiger partial charge in [-0.2, -0.15) is 0 Å². The number of methoxy groups -OCH3 is 2. The normalized spacial score (nSPS) is 17.6. The van der Waals surface area contributed by atoms with Crippen LogP contribution in [0.5, 0.6) is 11.5 Å². The Balaban J connectivity index is 2.23. The molecule has 0 bridgehead atoms. The third-order valence-electron chi connectivity index (χ3n) is 3.81. The lowest BCUT2D eigenvalue weighted by Gasteiger charge is -2.24. The molecule has 1 atom stereocenters. The van der Waals surface area contributed by atoms with Crippen molar-refractivity contribution in [3.63, 3.8) is 0 Å². The molecule has 5 heteroatoms. The third-order valence-corrected chi connectivity index (χ3v) is 3.81. The highest BCUT2D eigenvalue weighted by Gasteiger charge is 2.19. The van der Waals surface area contributed by atoms with Gasteiger partial charge in [-0.3, -0.25) is 4.79 Å². The van der Waals surface area contributed by atoms with Crippen LogP contribution in [0.25, 0.3) is 0 Å². The van der Waals surface area contributed by atoms with Gasteiger partial charge in [-0.1, -0.05) is 6.08 Å². The second kappa shape index (κ2) is 7.84. The molecule has 0 saturated carbocycles. The highest BCUT2D eigenvalue weighted by Crippen LogP contribution is 2.33. The number of rotatable bonds is 6. The van der Waals surface area contributed by atoms with Crippen molar-refractivity contribution in [3.05, 3.63) is 35.9 Å². The van der Waals surface area contributed by atoms with Crippen molar-refractivity contribution in [2.45, 2.75) is 25.3 Å². The molecule has 1 unspecified atom stereocenters. The molecule has 1 amide bonds. The first-order chi connectivity index (χ1) is 10.7. The topological polar surface area (TPSA) is 59.6 Å². The van der Waals surface area contributed by atoms with Gasteiger partial charge in [0.25, 0.3) is 5.91 Å². The zero-order valence-electron chi connectivity index (χ0n) is 13.3.